The van der Waals surface area contributed by atoms with E-state index in [0.717, 1.165) is 5.56 Å². The third-order valence-electron chi connectivity index (χ3n) is 3.57. The molecular weight excluding hydrogens is 280 g/mol. The first-order chi connectivity index (χ1) is 10.4. The Balaban J connectivity index is 2.47. The van der Waals surface area contributed by atoms with Crippen LogP contribution in [0.15, 0.2) is 24.3 Å². The minimum Gasteiger partial charge on any atom is -0.484 e. The number of nitrogens with zero attached hydrogens (tertiary/aromatic N) is 1. The van der Waals surface area contributed by atoms with E-state index in [-0.39, 0.29) is 24.7 Å². The standard InChI is InChI=1S/C17H28N2O3/c1-5-19(6-2)16(21)12-22-15-9-7-14(8-10-15)11-18-17(3,4)13-20/h7-10,18,20H,5-6,11-13H2,1-4H3. The van der Waals surface area contributed by atoms with Crippen molar-refractivity contribution in [3.8, 4) is 5.75 Å². The minimum absolute atomic E-state index is 0.000406. The van der Waals surface area contributed by atoms with Crippen molar-refractivity contribution in [1.29, 1.82) is 0 Å². The van der Waals surface area contributed by atoms with Gasteiger partial charge in [-0.2, -0.15) is 0 Å². The van der Waals surface area contributed by atoms with E-state index in [4.69, 9.17) is 4.74 Å². The summed E-state index contributed by atoms with van der Waals surface area (Å²) in [5.41, 5.74) is 0.801. The maximum Gasteiger partial charge on any atom is 0.260 e. The van der Waals surface area contributed by atoms with Crippen LogP contribution < -0.4 is 10.1 Å². The average molecular weight is 308 g/mol. The molecule has 0 radical (unpaired) electrons. The molecule has 5 nitrogen and oxygen atoms in total. The van der Waals surface area contributed by atoms with Crippen LogP contribution in [0.3, 0.4) is 0 Å². The smallest absolute Gasteiger partial charge is 0.260 e. The fourth-order valence-electron chi connectivity index (χ4n) is 1.91. The monoisotopic (exact) mass is 308 g/mol. The van der Waals surface area contributed by atoms with Gasteiger partial charge in [-0.3, -0.25) is 4.79 Å². The number of likely N-dealkylation sites (N-methyl/N-ethyl adjacent to an activating group) is 1. The molecule has 0 unspecified atom stereocenters. The van der Waals surface area contributed by atoms with Gasteiger partial charge in [0, 0.05) is 25.2 Å². The minimum atomic E-state index is -0.300. The lowest BCUT2D eigenvalue weighted by molar-refractivity contribution is -0.132. The van der Waals surface area contributed by atoms with Gasteiger partial charge in [0.25, 0.3) is 5.91 Å². The van der Waals surface area contributed by atoms with Crippen molar-refractivity contribution in [2.75, 3.05) is 26.3 Å². The van der Waals surface area contributed by atoms with Crippen LogP contribution in [0.5, 0.6) is 5.75 Å². The summed E-state index contributed by atoms with van der Waals surface area (Å²) in [5, 5.41) is 12.5. The van der Waals surface area contributed by atoms with Crippen LogP contribution in [-0.2, 0) is 11.3 Å². The molecule has 1 aromatic rings. The van der Waals surface area contributed by atoms with Crippen LogP contribution in [0, 0.1) is 0 Å². The van der Waals surface area contributed by atoms with Crippen molar-refractivity contribution >= 4 is 5.91 Å². The summed E-state index contributed by atoms with van der Waals surface area (Å²) in [6.45, 7) is 10.0. The maximum atomic E-state index is 11.9. The molecule has 0 aliphatic carbocycles. The SMILES string of the molecule is CCN(CC)C(=O)COc1ccc(CNC(C)(C)CO)cc1. The molecule has 2 N–H and O–H groups in total. The molecule has 0 aromatic heterocycles. The van der Waals surface area contributed by atoms with E-state index in [1.165, 1.54) is 0 Å². The zero-order chi connectivity index (χ0) is 16.6. The predicted octanol–water partition coefficient (Wildman–Crippen LogP) is 1.79. The van der Waals surface area contributed by atoms with E-state index in [9.17, 15) is 9.90 Å². The summed E-state index contributed by atoms with van der Waals surface area (Å²) in [7, 11) is 0. The summed E-state index contributed by atoms with van der Waals surface area (Å²) >= 11 is 0. The van der Waals surface area contributed by atoms with Crippen molar-refractivity contribution in [3.05, 3.63) is 29.8 Å². The lowest BCUT2D eigenvalue weighted by atomic mass is 10.1. The van der Waals surface area contributed by atoms with E-state index in [0.29, 0.717) is 25.4 Å². The van der Waals surface area contributed by atoms with Crippen molar-refractivity contribution in [3.63, 3.8) is 0 Å². The highest BCUT2D eigenvalue weighted by Gasteiger charge is 2.14. The van der Waals surface area contributed by atoms with Crippen LogP contribution >= 0.6 is 0 Å². The topological polar surface area (TPSA) is 61.8 Å². The lowest BCUT2D eigenvalue weighted by Gasteiger charge is -2.23. The number of aliphatic hydroxyl groups is 1. The summed E-state index contributed by atoms with van der Waals surface area (Å²) in [5.74, 6) is 0.686. The van der Waals surface area contributed by atoms with E-state index >= 15 is 0 Å². The number of nitrogens with one attached hydrogen (secondary N) is 1. The second-order valence-electron chi connectivity index (χ2n) is 5.89. The first-order valence-electron chi connectivity index (χ1n) is 7.77. The molecule has 0 spiro atoms. The Morgan fingerprint density at radius 1 is 1.23 bits per heavy atom. The fraction of sp³-hybridized carbons (Fsp3) is 0.588. The van der Waals surface area contributed by atoms with Gasteiger partial charge in [-0.15, -0.1) is 0 Å². The summed E-state index contributed by atoms with van der Waals surface area (Å²) in [4.78, 5) is 13.6. The Labute approximate surface area is 133 Å². The molecule has 22 heavy (non-hydrogen) atoms. The van der Waals surface area contributed by atoms with Crippen molar-refractivity contribution in [2.45, 2.75) is 39.8 Å². The highest BCUT2D eigenvalue weighted by molar-refractivity contribution is 5.77. The van der Waals surface area contributed by atoms with Crippen LogP contribution in [0.1, 0.15) is 33.3 Å². The van der Waals surface area contributed by atoms with E-state index < -0.39 is 0 Å². The van der Waals surface area contributed by atoms with Crippen molar-refractivity contribution in [1.82, 2.24) is 10.2 Å². The Hall–Kier alpha value is -1.59. The molecule has 5 heteroatoms. The number of ether oxygens (including phenoxy) is 1. The second-order valence-corrected chi connectivity index (χ2v) is 5.89. The lowest BCUT2D eigenvalue weighted by Crippen LogP contribution is -2.42. The molecule has 0 fully saturated rings. The Kier molecular flexibility index (Phi) is 7.35. The second kappa shape index (κ2) is 8.76. The number of amides is 1. The number of aliphatic hydroxyl groups excluding tert-OH is 1. The number of hydrogen-bond donors (Lipinski definition) is 2. The third-order valence-corrected chi connectivity index (χ3v) is 3.57. The molecule has 0 heterocycles. The van der Waals surface area contributed by atoms with Gasteiger partial charge in [-0.1, -0.05) is 12.1 Å². The number of carbonyl (C=O) groups is 1. The first kappa shape index (κ1) is 18.5. The number of carbonyl (C=O) groups excluding carboxylic acids is 1. The number of hydrogen-bond acceptors (Lipinski definition) is 4. The molecule has 0 aliphatic rings. The molecule has 0 bridgehead atoms. The van der Waals surface area contributed by atoms with Crippen LogP contribution in [0.25, 0.3) is 0 Å². The Morgan fingerprint density at radius 2 is 1.82 bits per heavy atom. The highest BCUT2D eigenvalue weighted by atomic mass is 16.5. The predicted molar refractivity (Wildman–Crippen MR) is 87.9 cm³/mol. The summed E-state index contributed by atoms with van der Waals surface area (Å²) in [6.07, 6.45) is 0. The summed E-state index contributed by atoms with van der Waals surface area (Å²) < 4.78 is 5.52. The zero-order valence-electron chi connectivity index (χ0n) is 14.1. The van der Waals surface area contributed by atoms with Gasteiger partial charge >= 0.3 is 0 Å². The van der Waals surface area contributed by atoms with E-state index in [1.807, 2.05) is 52.0 Å². The quantitative estimate of drug-likeness (QED) is 0.730. The van der Waals surface area contributed by atoms with Gasteiger partial charge in [-0.05, 0) is 45.4 Å². The van der Waals surface area contributed by atoms with Gasteiger partial charge in [0.05, 0.1) is 6.61 Å². The van der Waals surface area contributed by atoms with E-state index in [2.05, 4.69) is 5.32 Å². The molecule has 0 saturated carbocycles. The molecule has 1 rings (SSSR count). The third kappa shape index (κ3) is 6.03. The van der Waals surface area contributed by atoms with Gasteiger partial charge in [0.2, 0.25) is 0 Å². The molecular formula is C17H28N2O3. The van der Waals surface area contributed by atoms with Crippen LogP contribution in [-0.4, -0.2) is 47.8 Å². The molecule has 0 saturated heterocycles. The largest absolute Gasteiger partial charge is 0.484 e. The van der Waals surface area contributed by atoms with E-state index in [1.54, 1.807) is 4.90 Å². The normalized spacial score (nSPS) is 11.3. The number of benzene rings is 1. The van der Waals surface area contributed by atoms with Gasteiger partial charge in [-0.25, -0.2) is 0 Å². The Bertz CT molecular complexity index is 453. The first-order valence-corrected chi connectivity index (χ1v) is 7.77. The van der Waals surface area contributed by atoms with Crippen molar-refractivity contribution in [2.24, 2.45) is 0 Å². The van der Waals surface area contributed by atoms with Gasteiger partial charge < -0.3 is 20.1 Å². The molecule has 0 atom stereocenters. The van der Waals surface area contributed by atoms with Crippen LogP contribution in [0.4, 0.5) is 0 Å². The van der Waals surface area contributed by atoms with Gasteiger partial charge in [0.15, 0.2) is 6.61 Å². The molecule has 1 aromatic carbocycles. The zero-order valence-corrected chi connectivity index (χ0v) is 14.1. The van der Waals surface area contributed by atoms with Gasteiger partial charge in [0.1, 0.15) is 5.75 Å². The van der Waals surface area contributed by atoms with Crippen LogP contribution in [0.2, 0.25) is 0 Å². The molecule has 0 aliphatic heterocycles. The van der Waals surface area contributed by atoms with Crippen molar-refractivity contribution < 1.29 is 14.6 Å². The number of rotatable bonds is 9. The Morgan fingerprint density at radius 3 is 2.32 bits per heavy atom. The molecule has 124 valence electrons. The highest BCUT2D eigenvalue weighted by Crippen LogP contribution is 2.13. The maximum absolute atomic E-state index is 11.9. The molecule has 1 amide bonds. The summed E-state index contributed by atoms with van der Waals surface area (Å²) in [6, 6.07) is 7.63. The average Bonchev–Trinajstić information content (AvgIpc) is 2.53. The fourth-order valence-corrected chi connectivity index (χ4v) is 1.91.